The largest absolute Gasteiger partial charge is 0.493 e. The normalized spacial score (nSPS) is 19.5. The Morgan fingerprint density at radius 3 is 2.57 bits per heavy atom. The molecule has 1 fully saturated rings. The number of benzene rings is 1. The molecular formula is C16H18O5. The molecule has 0 bridgehead atoms. The molecule has 1 aromatic carbocycles. The lowest BCUT2D eigenvalue weighted by molar-refractivity contribution is 0.0599. The molecule has 2 aliphatic rings. The monoisotopic (exact) mass is 290 g/mol. The second-order valence-corrected chi connectivity index (χ2v) is 5.17. The Hall–Kier alpha value is -2.17. The Labute approximate surface area is 123 Å². The fourth-order valence-corrected chi connectivity index (χ4v) is 2.58. The molecular weight excluding hydrogens is 272 g/mol. The molecule has 5 heteroatoms. The standard InChI is InChI=1S/C16H18O5/c1-18-13-8-11(16(17)20-3)10-6-7-12(9-4-5-9)21-14(10)15(13)19-2/h6-9,12H,4-5H2,1-3H3/t12-/m1/s1. The highest BCUT2D eigenvalue weighted by atomic mass is 16.5. The van der Waals surface area contributed by atoms with Gasteiger partial charge in [0.05, 0.1) is 26.9 Å². The summed E-state index contributed by atoms with van der Waals surface area (Å²) in [4.78, 5) is 12.0. The zero-order chi connectivity index (χ0) is 15.0. The Morgan fingerprint density at radius 1 is 1.24 bits per heavy atom. The summed E-state index contributed by atoms with van der Waals surface area (Å²) in [7, 11) is 4.44. The lowest BCUT2D eigenvalue weighted by Crippen LogP contribution is -2.21. The summed E-state index contributed by atoms with van der Waals surface area (Å²) in [6.07, 6.45) is 6.28. The molecule has 21 heavy (non-hydrogen) atoms. The number of rotatable bonds is 4. The highest BCUT2D eigenvalue weighted by molar-refractivity contribution is 5.96. The van der Waals surface area contributed by atoms with Gasteiger partial charge in [-0.3, -0.25) is 0 Å². The maximum Gasteiger partial charge on any atom is 0.338 e. The predicted molar refractivity (Wildman–Crippen MR) is 77.1 cm³/mol. The lowest BCUT2D eigenvalue weighted by Gasteiger charge is -2.25. The third-order valence-electron chi connectivity index (χ3n) is 3.86. The van der Waals surface area contributed by atoms with Crippen LogP contribution < -0.4 is 14.2 Å². The van der Waals surface area contributed by atoms with E-state index >= 15 is 0 Å². The molecule has 1 aromatic rings. The molecule has 0 radical (unpaired) electrons. The molecule has 5 nitrogen and oxygen atoms in total. The Balaban J connectivity index is 2.13. The predicted octanol–water partition coefficient (Wildman–Crippen LogP) is 2.67. The fraction of sp³-hybridized carbons (Fsp3) is 0.438. The van der Waals surface area contributed by atoms with Crippen LogP contribution in [0.1, 0.15) is 28.8 Å². The van der Waals surface area contributed by atoms with Crippen LogP contribution in [0.2, 0.25) is 0 Å². The first kappa shape index (κ1) is 13.8. The van der Waals surface area contributed by atoms with Crippen LogP contribution in [-0.2, 0) is 4.74 Å². The first-order valence-electron chi connectivity index (χ1n) is 6.91. The van der Waals surface area contributed by atoms with Gasteiger partial charge in [0, 0.05) is 5.56 Å². The maximum atomic E-state index is 12.0. The second-order valence-electron chi connectivity index (χ2n) is 5.17. The molecule has 1 aliphatic heterocycles. The average molecular weight is 290 g/mol. The Bertz CT molecular complexity index is 601. The van der Waals surface area contributed by atoms with E-state index in [2.05, 4.69) is 0 Å². The molecule has 1 aliphatic carbocycles. The third kappa shape index (κ3) is 2.33. The molecule has 0 saturated heterocycles. The van der Waals surface area contributed by atoms with E-state index in [-0.39, 0.29) is 6.10 Å². The van der Waals surface area contributed by atoms with Gasteiger partial charge in [-0.1, -0.05) is 6.08 Å². The minimum atomic E-state index is -0.426. The van der Waals surface area contributed by atoms with Gasteiger partial charge in [-0.2, -0.15) is 0 Å². The summed E-state index contributed by atoms with van der Waals surface area (Å²) in [6, 6.07) is 1.62. The van der Waals surface area contributed by atoms with Crippen molar-refractivity contribution in [2.24, 2.45) is 5.92 Å². The number of esters is 1. The van der Waals surface area contributed by atoms with Gasteiger partial charge in [-0.15, -0.1) is 0 Å². The average Bonchev–Trinajstić information content (AvgIpc) is 3.36. The van der Waals surface area contributed by atoms with E-state index in [0.29, 0.717) is 34.3 Å². The van der Waals surface area contributed by atoms with Gasteiger partial charge >= 0.3 is 5.97 Å². The van der Waals surface area contributed by atoms with E-state index in [1.165, 1.54) is 27.1 Å². The van der Waals surface area contributed by atoms with Gasteiger partial charge in [-0.25, -0.2) is 4.79 Å². The van der Waals surface area contributed by atoms with Crippen molar-refractivity contribution in [1.29, 1.82) is 0 Å². The van der Waals surface area contributed by atoms with Crippen LogP contribution in [0.15, 0.2) is 12.1 Å². The summed E-state index contributed by atoms with van der Waals surface area (Å²) in [5, 5.41) is 0. The highest BCUT2D eigenvalue weighted by Gasteiger charge is 2.36. The van der Waals surface area contributed by atoms with Crippen LogP contribution in [0.25, 0.3) is 6.08 Å². The number of carbonyl (C=O) groups excluding carboxylic acids is 1. The lowest BCUT2D eigenvalue weighted by atomic mass is 10.00. The molecule has 112 valence electrons. The highest BCUT2D eigenvalue weighted by Crippen LogP contribution is 2.47. The number of fused-ring (bicyclic) bond motifs is 1. The molecule has 0 N–H and O–H groups in total. The summed E-state index contributed by atoms with van der Waals surface area (Å²) < 4.78 is 21.6. The van der Waals surface area contributed by atoms with Crippen molar-refractivity contribution in [3.05, 3.63) is 23.3 Å². The van der Waals surface area contributed by atoms with E-state index in [1.807, 2.05) is 12.2 Å². The minimum Gasteiger partial charge on any atom is -0.493 e. The molecule has 0 aromatic heterocycles. The second kappa shape index (κ2) is 5.31. The van der Waals surface area contributed by atoms with E-state index < -0.39 is 5.97 Å². The van der Waals surface area contributed by atoms with Crippen molar-refractivity contribution < 1.29 is 23.7 Å². The molecule has 1 heterocycles. The summed E-state index contributed by atoms with van der Waals surface area (Å²) >= 11 is 0. The number of hydrogen-bond acceptors (Lipinski definition) is 5. The number of hydrogen-bond donors (Lipinski definition) is 0. The Morgan fingerprint density at radius 2 is 2.00 bits per heavy atom. The van der Waals surface area contributed by atoms with Crippen molar-refractivity contribution in [3.63, 3.8) is 0 Å². The zero-order valence-electron chi connectivity index (χ0n) is 12.3. The number of ether oxygens (including phenoxy) is 4. The van der Waals surface area contributed by atoms with Crippen LogP contribution in [0, 0.1) is 5.92 Å². The minimum absolute atomic E-state index is 0.0315. The summed E-state index contributed by atoms with van der Waals surface area (Å²) in [5.74, 6) is 1.64. The first-order chi connectivity index (χ1) is 10.2. The van der Waals surface area contributed by atoms with Crippen LogP contribution in [-0.4, -0.2) is 33.4 Å². The quantitative estimate of drug-likeness (QED) is 0.798. The van der Waals surface area contributed by atoms with Crippen molar-refractivity contribution in [2.75, 3.05) is 21.3 Å². The van der Waals surface area contributed by atoms with E-state index in [9.17, 15) is 4.79 Å². The van der Waals surface area contributed by atoms with E-state index in [1.54, 1.807) is 13.2 Å². The molecule has 3 rings (SSSR count). The van der Waals surface area contributed by atoms with Crippen molar-refractivity contribution in [1.82, 2.24) is 0 Å². The molecule has 1 saturated carbocycles. The third-order valence-corrected chi connectivity index (χ3v) is 3.86. The van der Waals surface area contributed by atoms with Crippen molar-refractivity contribution in [2.45, 2.75) is 18.9 Å². The summed E-state index contributed by atoms with van der Waals surface area (Å²) in [5.41, 5.74) is 1.09. The zero-order valence-corrected chi connectivity index (χ0v) is 12.3. The Kier molecular flexibility index (Phi) is 3.49. The van der Waals surface area contributed by atoms with Gasteiger partial charge in [0.25, 0.3) is 0 Å². The van der Waals surface area contributed by atoms with Gasteiger partial charge in [0.2, 0.25) is 5.75 Å². The SMILES string of the molecule is COC(=O)c1cc(OC)c(OC)c2c1C=C[C@H](C1CC1)O2. The van der Waals surface area contributed by atoms with Crippen LogP contribution >= 0.6 is 0 Å². The van der Waals surface area contributed by atoms with E-state index in [0.717, 1.165) is 0 Å². The molecule has 0 spiro atoms. The number of methoxy groups -OCH3 is 3. The number of carbonyl (C=O) groups is 1. The molecule has 1 atom stereocenters. The molecule has 0 unspecified atom stereocenters. The van der Waals surface area contributed by atoms with Crippen molar-refractivity contribution in [3.8, 4) is 17.2 Å². The van der Waals surface area contributed by atoms with Crippen LogP contribution in [0.3, 0.4) is 0 Å². The van der Waals surface area contributed by atoms with Gasteiger partial charge in [0.1, 0.15) is 6.10 Å². The molecule has 0 amide bonds. The van der Waals surface area contributed by atoms with Gasteiger partial charge in [-0.05, 0) is 30.9 Å². The summed E-state index contributed by atoms with van der Waals surface area (Å²) in [6.45, 7) is 0. The topological polar surface area (TPSA) is 54.0 Å². The first-order valence-corrected chi connectivity index (χ1v) is 6.91. The van der Waals surface area contributed by atoms with Crippen molar-refractivity contribution >= 4 is 12.0 Å². The maximum absolute atomic E-state index is 12.0. The van der Waals surface area contributed by atoms with Gasteiger partial charge < -0.3 is 18.9 Å². The van der Waals surface area contributed by atoms with E-state index in [4.69, 9.17) is 18.9 Å². The van der Waals surface area contributed by atoms with Gasteiger partial charge in [0.15, 0.2) is 11.5 Å². The van der Waals surface area contributed by atoms with Crippen LogP contribution in [0.5, 0.6) is 17.2 Å². The fourth-order valence-electron chi connectivity index (χ4n) is 2.58. The smallest absolute Gasteiger partial charge is 0.338 e. The van der Waals surface area contributed by atoms with Crippen LogP contribution in [0.4, 0.5) is 0 Å².